The molecule has 2 aromatic rings. The predicted molar refractivity (Wildman–Crippen MR) is 96.2 cm³/mol. The number of ether oxygens (including phenoxy) is 1. The van der Waals surface area contributed by atoms with Crippen LogP contribution in [0, 0.1) is 0 Å². The number of amides is 1. The third-order valence-corrected chi connectivity index (χ3v) is 4.28. The maximum Gasteiger partial charge on any atom is 0.410 e. The van der Waals surface area contributed by atoms with Gasteiger partial charge < -0.3 is 19.6 Å². The molecule has 1 N–H and O–H groups in total. The number of aromatic carboxylic acids is 1. The number of carbonyl (C=O) groups is 2. The number of hydrogen-bond acceptors (Lipinski definition) is 5. The Morgan fingerprint density at radius 2 is 1.85 bits per heavy atom. The van der Waals surface area contributed by atoms with Crippen LogP contribution in [0.5, 0.6) is 0 Å². The van der Waals surface area contributed by atoms with Crippen LogP contribution in [0.4, 0.5) is 10.6 Å². The van der Waals surface area contributed by atoms with Gasteiger partial charge in [-0.05, 0) is 24.1 Å². The van der Waals surface area contributed by atoms with E-state index >= 15 is 0 Å². The summed E-state index contributed by atoms with van der Waals surface area (Å²) >= 11 is 0. The van der Waals surface area contributed by atoms with Crippen molar-refractivity contribution in [3.8, 4) is 0 Å². The lowest BCUT2D eigenvalue weighted by atomic mass is 10.2. The Bertz CT molecular complexity index is 749. The normalized spacial score (nSPS) is 14.6. The van der Waals surface area contributed by atoms with Gasteiger partial charge in [0.25, 0.3) is 0 Å². The van der Waals surface area contributed by atoms with Gasteiger partial charge in [-0.1, -0.05) is 30.3 Å². The van der Waals surface area contributed by atoms with E-state index in [1.807, 2.05) is 30.3 Å². The Kier molecular flexibility index (Phi) is 5.68. The van der Waals surface area contributed by atoms with E-state index in [1.165, 1.54) is 6.20 Å². The summed E-state index contributed by atoms with van der Waals surface area (Å²) in [6.07, 6.45) is 1.84. The van der Waals surface area contributed by atoms with E-state index < -0.39 is 5.97 Å². The first-order chi connectivity index (χ1) is 12.6. The van der Waals surface area contributed by atoms with Crippen molar-refractivity contribution in [2.45, 2.75) is 13.0 Å². The van der Waals surface area contributed by atoms with Crippen LogP contribution in [0.2, 0.25) is 0 Å². The van der Waals surface area contributed by atoms with Crippen molar-refractivity contribution in [1.29, 1.82) is 0 Å². The van der Waals surface area contributed by atoms with Gasteiger partial charge in [0.1, 0.15) is 12.4 Å². The van der Waals surface area contributed by atoms with Crippen LogP contribution >= 0.6 is 0 Å². The Morgan fingerprint density at radius 1 is 1.04 bits per heavy atom. The first-order valence-corrected chi connectivity index (χ1v) is 8.53. The highest BCUT2D eigenvalue weighted by atomic mass is 16.6. The van der Waals surface area contributed by atoms with Crippen molar-refractivity contribution in [3.63, 3.8) is 0 Å². The quantitative estimate of drug-likeness (QED) is 0.908. The van der Waals surface area contributed by atoms with Gasteiger partial charge in [-0.2, -0.15) is 0 Å². The summed E-state index contributed by atoms with van der Waals surface area (Å²) < 4.78 is 5.39. The molecule has 1 aromatic carbocycles. The molecule has 1 aliphatic rings. The molecule has 1 aliphatic heterocycles. The lowest BCUT2D eigenvalue weighted by Gasteiger charge is -2.22. The van der Waals surface area contributed by atoms with E-state index in [9.17, 15) is 9.59 Å². The largest absolute Gasteiger partial charge is 0.478 e. The number of carboxylic acid groups (broad SMARTS) is 1. The summed E-state index contributed by atoms with van der Waals surface area (Å²) in [7, 11) is 0. The monoisotopic (exact) mass is 355 g/mol. The molecule has 1 fully saturated rings. The van der Waals surface area contributed by atoms with Gasteiger partial charge >= 0.3 is 12.1 Å². The molecule has 1 saturated heterocycles. The number of carbonyl (C=O) groups excluding carboxylic acids is 1. The molecule has 1 amide bonds. The summed E-state index contributed by atoms with van der Waals surface area (Å²) in [5.41, 5.74) is 1.12. The average molecular weight is 355 g/mol. The zero-order valence-corrected chi connectivity index (χ0v) is 14.4. The van der Waals surface area contributed by atoms with Crippen molar-refractivity contribution >= 4 is 17.9 Å². The lowest BCUT2D eigenvalue weighted by Crippen LogP contribution is -2.35. The van der Waals surface area contributed by atoms with Crippen molar-refractivity contribution in [2.75, 3.05) is 31.1 Å². The summed E-state index contributed by atoms with van der Waals surface area (Å²) in [6, 6.07) is 12.8. The van der Waals surface area contributed by atoms with Gasteiger partial charge in [-0.15, -0.1) is 0 Å². The molecule has 0 unspecified atom stereocenters. The van der Waals surface area contributed by atoms with Gasteiger partial charge in [-0.3, -0.25) is 0 Å². The van der Waals surface area contributed by atoms with E-state index in [4.69, 9.17) is 9.84 Å². The third-order valence-electron chi connectivity index (χ3n) is 4.28. The van der Waals surface area contributed by atoms with Crippen molar-refractivity contribution in [3.05, 3.63) is 59.8 Å². The van der Waals surface area contributed by atoms with Crippen LogP contribution in [0.3, 0.4) is 0 Å². The standard InChI is InChI=1S/C19H21N3O4/c23-18(24)16-7-8-17(20-13-16)21-9-4-10-22(12-11-21)19(25)26-14-15-5-2-1-3-6-15/h1-3,5-8,13H,4,9-12,14H2,(H,23,24). The van der Waals surface area contributed by atoms with Crippen molar-refractivity contribution in [2.24, 2.45) is 0 Å². The lowest BCUT2D eigenvalue weighted by molar-refractivity contribution is 0.0696. The maximum absolute atomic E-state index is 12.3. The second-order valence-electron chi connectivity index (χ2n) is 6.08. The number of benzene rings is 1. The maximum atomic E-state index is 12.3. The molecule has 0 aliphatic carbocycles. The van der Waals surface area contributed by atoms with E-state index in [1.54, 1.807) is 17.0 Å². The fraction of sp³-hybridized carbons (Fsp3) is 0.316. The highest BCUT2D eigenvalue weighted by molar-refractivity contribution is 5.87. The Labute approximate surface area is 151 Å². The molecule has 3 rings (SSSR count). The highest BCUT2D eigenvalue weighted by Crippen LogP contribution is 2.15. The van der Waals surface area contributed by atoms with Gasteiger partial charge in [0.2, 0.25) is 0 Å². The molecule has 0 radical (unpaired) electrons. The third kappa shape index (κ3) is 4.50. The van der Waals surface area contributed by atoms with Gasteiger partial charge in [0.05, 0.1) is 5.56 Å². The molecule has 0 bridgehead atoms. The number of anilines is 1. The van der Waals surface area contributed by atoms with Gasteiger partial charge in [-0.25, -0.2) is 14.6 Å². The molecule has 2 heterocycles. The van der Waals surface area contributed by atoms with Crippen LogP contribution in [0.1, 0.15) is 22.3 Å². The van der Waals surface area contributed by atoms with Crippen LogP contribution in [0.15, 0.2) is 48.7 Å². The smallest absolute Gasteiger partial charge is 0.410 e. The van der Waals surface area contributed by atoms with Gasteiger partial charge in [0, 0.05) is 32.4 Å². The summed E-state index contributed by atoms with van der Waals surface area (Å²) in [5, 5.41) is 8.95. The second kappa shape index (κ2) is 8.33. The molecule has 136 valence electrons. The van der Waals surface area contributed by atoms with Crippen molar-refractivity contribution < 1.29 is 19.4 Å². The molecule has 0 spiro atoms. The molecule has 7 heteroatoms. The molecular formula is C19H21N3O4. The number of carboxylic acids is 1. The minimum atomic E-state index is -0.993. The van der Waals surface area contributed by atoms with Crippen molar-refractivity contribution in [1.82, 2.24) is 9.88 Å². The van der Waals surface area contributed by atoms with E-state index in [0.29, 0.717) is 19.6 Å². The highest BCUT2D eigenvalue weighted by Gasteiger charge is 2.21. The second-order valence-corrected chi connectivity index (χ2v) is 6.08. The minimum Gasteiger partial charge on any atom is -0.478 e. The minimum absolute atomic E-state index is 0.162. The van der Waals surface area contributed by atoms with E-state index in [-0.39, 0.29) is 18.3 Å². The molecule has 7 nitrogen and oxygen atoms in total. The van der Waals surface area contributed by atoms with Gasteiger partial charge in [0.15, 0.2) is 0 Å². The molecule has 26 heavy (non-hydrogen) atoms. The van der Waals surface area contributed by atoms with Crippen LogP contribution in [-0.2, 0) is 11.3 Å². The molecule has 1 aromatic heterocycles. The molecular weight excluding hydrogens is 334 g/mol. The fourth-order valence-corrected chi connectivity index (χ4v) is 2.84. The van der Waals surface area contributed by atoms with E-state index in [0.717, 1.165) is 24.3 Å². The zero-order chi connectivity index (χ0) is 18.4. The SMILES string of the molecule is O=C(O)c1ccc(N2CCCN(C(=O)OCc3ccccc3)CC2)nc1. The zero-order valence-electron chi connectivity index (χ0n) is 14.4. The first-order valence-electron chi connectivity index (χ1n) is 8.53. The number of nitrogens with zero attached hydrogens (tertiary/aromatic N) is 3. The summed E-state index contributed by atoms with van der Waals surface area (Å²) in [6.45, 7) is 2.80. The first kappa shape index (κ1) is 17.7. The van der Waals surface area contributed by atoms with Crippen LogP contribution in [-0.4, -0.2) is 53.2 Å². The Hall–Kier alpha value is -3.09. The summed E-state index contributed by atoms with van der Waals surface area (Å²) in [5.74, 6) is -0.276. The number of hydrogen-bond donors (Lipinski definition) is 1. The van der Waals surface area contributed by atoms with E-state index in [2.05, 4.69) is 9.88 Å². The number of aromatic nitrogens is 1. The molecule has 0 saturated carbocycles. The summed E-state index contributed by atoms with van der Waals surface area (Å²) in [4.78, 5) is 31.2. The van der Waals surface area contributed by atoms with Crippen LogP contribution in [0.25, 0.3) is 0 Å². The van der Waals surface area contributed by atoms with Crippen LogP contribution < -0.4 is 4.90 Å². The fourth-order valence-electron chi connectivity index (χ4n) is 2.84. The Morgan fingerprint density at radius 3 is 2.54 bits per heavy atom. The predicted octanol–water partition coefficient (Wildman–Crippen LogP) is 2.63. The number of pyridine rings is 1. The number of rotatable bonds is 4. The topological polar surface area (TPSA) is 83.0 Å². The molecule has 0 atom stereocenters. The average Bonchev–Trinajstić information content (AvgIpc) is 2.93. The Balaban J connectivity index is 1.54.